The quantitative estimate of drug-likeness (QED) is 0.741. The van der Waals surface area contributed by atoms with Crippen LogP contribution in [0.15, 0.2) is 18.2 Å². The number of hydrogen-bond acceptors (Lipinski definition) is 3. The van der Waals surface area contributed by atoms with Crippen LogP contribution in [0.2, 0.25) is 0 Å². The van der Waals surface area contributed by atoms with Crippen molar-refractivity contribution in [2.75, 3.05) is 13.1 Å². The van der Waals surface area contributed by atoms with Crippen molar-refractivity contribution in [1.29, 1.82) is 0 Å². The Hall–Kier alpha value is -1.55. The van der Waals surface area contributed by atoms with Crippen LogP contribution in [0.4, 0.5) is 0 Å². The second kappa shape index (κ2) is 4.14. The lowest BCUT2D eigenvalue weighted by Gasteiger charge is -2.15. The van der Waals surface area contributed by atoms with Gasteiger partial charge in [-0.3, -0.25) is 4.79 Å². The zero-order valence-corrected chi connectivity index (χ0v) is 9.18. The number of phenols is 1. The van der Waals surface area contributed by atoms with E-state index < -0.39 is 6.10 Å². The van der Waals surface area contributed by atoms with E-state index >= 15 is 0 Å². The fraction of sp³-hybridized carbons (Fsp3) is 0.417. The van der Waals surface area contributed by atoms with Crippen LogP contribution in [-0.2, 0) is 0 Å². The zero-order chi connectivity index (χ0) is 11.7. The molecule has 1 fully saturated rings. The van der Waals surface area contributed by atoms with Gasteiger partial charge < -0.3 is 15.1 Å². The van der Waals surface area contributed by atoms with E-state index in [1.807, 2.05) is 0 Å². The van der Waals surface area contributed by atoms with Crippen LogP contribution < -0.4 is 0 Å². The van der Waals surface area contributed by atoms with Gasteiger partial charge in [0, 0.05) is 18.7 Å². The Labute approximate surface area is 94.1 Å². The third-order valence-electron chi connectivity index (χ3n) is 2.89. The van der Waals surface area contributed by atoms with Crippen molar-refractivity contribution in [3.05, 3.63) is 29.3 Å². The number of β-amino-alcohol motifs (C(OH)–C–C–N with tert-alkyl or cyclic N) is 1. The van der Waals surface area contributed by atoms with Gasteiger partial charge in [0.1, 0.15) is 5.75 Å². The van der Waals surface area contributed by atoms with E-state index in [1.165, 1.54) is 6.07 Å². The zero-order valence-electron chi connectivity index (χ0n) is 9.18. The number of aryl methyl sites for hydroxylation is 1. The molecule has 86 valence electrons. The van der Waals surface area contributed by atoms with E-state index in [0.717, 1.165) is 0 Å². The number of rotatable bonds is 1. The maximum Gasteiger partial charge on any atom is 0.253 e. The molecule has 0 aromatic heterocycles. The van der Waals surface area contributed by atoms with Gasteiger partial charge in [0.2, 0.25) is 0 Å². The molecule has 4 heteroatoms. The molecule has 1 saturated heterocycles. The van der Waals surface area contributed by atoms with Crippen molar-refractivity contribution in [3.8, 4) is 5.75 Å². The third-order valence-corrected chi connectivity index (χ3v) is 2.89. The predicted octanol–water partition coefficient (Wildman–Crippen LogP) is 0.907. The van der Waals surface area contributed by atoms with Crippen molar-refractivity contribution in [3.63, 3.8) is 0 Å². The SMILES string of the molecule is Cc1cc(C(=O)N2CCC(O)C2)ccc1O. The maximum atomic E-state index is 12.0. The first-order chi connectivity index (χ1) is 7.58. The highest BCUT2D eigenvalue weighted by Crippen LogP contribution is 2.19. The molecule has 0 radical (unpaired) electrons. The number of amides is 1. The average molecular weight is 221 g/mol. The molecule has 0 spiro atoms. The maximum absolute atomic E-state index is 12.0. The number of likely N-dealkylation sites (tertiary alicyclic amines) is 1. The first-order valence-electron chi connectivity index (χ1n) is 5.35. The van der Waals surface area contributed by atoms with E-state index in [4.69, 9.17) is 0 Å². The minimum atomic E-state index is -0.401. The highest BCUT2D eigenvalue weighted by Gasteiger charge is 2.25. The Morgan fingerprint density at radius 1 is 1.50 bits per heavy atom. The smallest absolute Gasteiger partial charge is 0.253 e. The fourth-order valence-electron chi connectivity index (χ4n) is 1.90. The van der Waals surface area contributed by atoms with Gasteiger partial charge in [0.15, 0.2) is 0 Å². The van der Waals surface area contributed by atoms with Gasteiger partial charge in [-0.05, 0) is 37.1 Å². The largest absolute Gasteiger partial charge is 0.508 e. The van der Waals surface area contributed by atoms with E-state index in [0.29, 0.717) is 30.6 Å². The highest BCUT2D eigenvalue weighted by atomic mass is 16.3. The molecule has 1 aliphatic heterocycles. The molecule has 1 aliphatic rings. The molecule has 1 aromatic carbocycles. The van der Waals surface area contributed by atoms with Crippen molar-refractivity contribution in [2.45, 2.75) is 19.4 Å². The monoisotopic (exact) mass is 221 g/mol. The van der Waals surface area contributed by atoms with Gasteiger partial charge in [-0.15, -0.1) is 0 Å². The molecule has 1 amide bonds. The number of hydrogen-bond donors (Lipinski definition) is 2. The number of carbonyl (C=O) groups is 1. The lowest BCUT2D eigenvalue weighted by Crippen LogP contribution is -2.29. The van der Waals surface area contributed by atoms with E-state index in [1.54, 1.807) is 24.0 Å². The molecule has 1 aromatic rings. The van der Waals surface area contributed by atoms with Crippen LogP contribution in [0.3, 0.4) is 0 Å². The summed E-state index contributed by atoms with van der Waals surface area (Å²) in [7, 11) is 0. The molecule has 2 N–H and O–H groups in total. The number of aliphatic hydroxyl groups excluding tert-OH is 1. The normalized spacial score (nSPS) is 20.1. The van der Waals surface area contributed by atoms with Crippen LogP contribution in [-0.4, -0.2) is 40.2 Å². The number of aliphatic hydroxyl groups is 1. The number of benzene rings is 1. The van der Waals surface area contributed by atoms with Gasteiger partial charge in [0.25, 0.3) is 5.91 Å². The second-order valence-corrected chi connectivity index (χ2v) is 4.19. The van der Waals surface area contributed by atoms with Crippen LogP contribution in [0.5, 0.6) is 5.75 Å². The Morgan fingerprint density at radius 3 is 2.81 bits per heavy atom. The topological polar surface area (TPSA) is 60.8 Å². The number of carbonyl (C=O) groups excluding carboxylic acids is 1. The van der Waals surface area contributed by atoms with Crippen LogP contribution in [0, 0.1) is 6.92 Å². The molecule has 0 bridgehead atoms. The summed E-state index contributed by atoms with van der Waals surface area (Å²) in [5.74, 6) is 0.109. The lowest BCUT2D eigenvalue weighted by molar-refractivity contribution is 0.0765. The van der Waals surface area contributed by atoms with E-state index in [9.17, 15) is 15.0 Å². The first kappa shape index (κ1) is 11.0. The van der Waals surface area contributed by atoms with E-state index in [-0.39, 0.29) is 11.7 Å². The van der Waals surface area contributed by atoms with E-state index in [2.05, 4.69) is 0 Å². The Bertz CT molecular complexity index is 417. The molecular weight excluding hydrogens is 206 g/mol. The summed E-state index contributed by atoms with van der Waals surface area (Å²) in [5, 5.41) is 18.7. The molecular formula is C12H15NO3. The molecule has 0 saturated carbocycles. The number of phenolic OH excluding ortho intramolecular Hbond substituents is 1. The Kier molecular flexibility index (Phi) is 2.83. The minimum Gasteiger partial charge on any atom is -0.508 e. The fourth-order valence-corrected chi connectivity index (χ4v) is 1.90. The van der Waals surface area contributed by atoms with Crippen molar-refractivity contribution >= 4 is 5.91 Å². The molecule has 0 aliphatic carbocycles. The lowest BCUT2D eigenvalue weighted by atomic mass is 10.1. The van der Waals surface area contributed by atoms with Crippen LogP contribution in [0.1, 0.15) is 22.3 Å². The summed E-state index contributed by atoms with van der Waals surface area (Å²) in [6.07, 6.45) is 0.241. The van der Waals surface area contributed by atoms with Gasteiger partial charge in [0.05, 0.1) is 6.10 Å². The van der Waals surface area contributed by atoms with Crippen LogP contribution >= 0.6 is 0 Å². The molecule has 1 unspecified atom stereocenters. The summed E-state index contributed by atoms with van der Waals surface area (Å²) in [4.78, 5) is 13.6. The minimum absolute atomic E-state index is 0.0837. The molecule has 2 rings (SSSR count). The average Bonchev–Trinajstić information content (AvgIpc) is 2.68. The Morgan fingerprint density at radius 2 is 2.25 bits per heavy atom. The summed E-state index contributed by atoms with van der Waals surface area (Å²) in [5.41, 5.74) is 1.25. The van der Waals surface area contributed by atoms with Crippen molar-refractivity contribution < 1.29 is 15.0 Å². The third kappa shape index (κ3) is 2.02. The summed E-state index contributed by atoms with van der Waals surface area (Å²) in [6, 6.07) is 4.80. The molecule has 16 heavy (non-hydrogen) atoms. The summed E-state index contributed by atoms with van der Waals surface area (Å²) in [6.45, 7) is 2.75. The predicted molar refractivity (Wildman–Crippen MR) is 59.4 cm³/mol. The molecule has 1 atom stereocenters. The number of aromatic hydroxyl groups is 1. The molecule has 4 nitrogen and oxygen atoms in total. The van der Waals surface area contributed by atoms with Gasteiger partial charge in [-0.1, -0.05) is 0 Å². The first-order valence-corrected chi connectivity index (χ1v) is 5.35. The summed E-state index contributed by atoms with van der Waals surface area (Å²) < 4.78 is 0. The standard InChI is InChI=1S/C12H15NO3/c1-8-6-9(2-3-11(8)15)12(16)13-5-4-10(14)7-13/h2-3,6,10,14-15H,4-5,7H2,1H3. The van der Waals surface area contributed by atoms with Gasteiger partial charge in [-0.2, -0.15) is 0 Å². The van der Waals surface area contributed by atoms with Crippen LogP contribution in [0.25, 0.3) is 0 Å². The summed E-state index contributed by atoms with van der Waals surface area (Å²) >= 11 is 0. The van der Waals surface area contributed by atoms with Crippen molar-refractivity contribution in [2.24, 2.45) is 0 Å². The Balaban J connectivity index is 2.18. The highest BCUT2D eigenvalue weighted by molar-refractivity contribution is 5.94. The molecule has 1 heterocycles. The second-order valence-electron chi connectivity index (χ2n) is 4.19. The van der Waals surface area contributed by atoms with Crippen molar-refractivity contribution in [1.82, 2.24) is 4.90 Å². The van der Waals surface area contributed by atoms with Gasteiger partial charge >= 0.3 is 0 Å². The number of nitrogens with zero attached hydrogens (tertiary/aromatic N) is 1. The van der Waals surface area contributed by atoms with Gasteiger partial charge in [-0.25, -0.2) is 0 Å².